The molecule has 4 aliphatic carbocycles. The van der Waals surface area contributed by atoms with Crippen LogP contribution in [-0.4, -0.2) is 4.98 Å². The first-order valence-electron chi connectivity index (χ1n) is 10.5. The zero-order valence-corrected chi connectivity index (χ0v) is 16.5. The Labute approximate surface area is 158 Å². The molecular weight excluding hydrogens is 314 g/mol. The van der Waals surface area contributed by atoms with Crippen molar-refractivity contribution in [3.8, 4) is 11.1 Å². The molecule has 4 saturated carbocycles. The molecule has 0 aliphatic heterocycles. The van der Waals surface area contributed by atoms with Crippen molar-refractivity contribution in [2.45, 2.75) is 70.1 Å². The van der Waals surface area contributed by atoms with Gasteiger partial charge in [-0.1, -0.05) is 45.0 Å². The fourth-order valence-corrected chi connectivity index (χ4v) is 6.75. The number of benzene rings is 1. The van der Waals surface area contributed by atoms with Crippen LogP contribution in [0.3, 0.4) is 0 Å². The summed E-state index contributed by atoms with van der Waals surface area (Å²) in [6.45, 7) is 6.98. The summed E-state index contributed by atoms with van der Waals surface area (Å²) in [5.41, 5.74) is 6.33. The quantitative estimate of drug-likeness (QED) is 0.604. The molecule has 0 unspecified atom stereocenters. The number of aromatic nitrogens is 1. The van der Waals surface area contributed by atoms with Gasteiger partial charge in [0.15, 0.2) is 0 Å². The third-order valence-corrected chi connectivity index (χ3v) is 7.45. The van der Waals surface area contributed by atoms with E-state index in [2.05, 4.69) is 56.1 Å². The Hall–Kier alpha value is -1.63. The van der Waals surface area contributed by atoms with Crippen LogP contribution in [0.4, 0.5) is 0 Å². The topological polar surface area (TPSA) is 12.9 Å². The van der Waals surface area contributed by atoms with E-state index < -0.39 is 0 Å². The molecule has 1 heteroatoms. The highest BCUT2D eigenvalue weighted by Crippen LogP contribution is 2.61. The van der Waals surface area contributed by atoms with Crippen LogP contribution in [0.25, 0.3) is 11.1 Å². The van der Waals surface area contributed by atoms with Gasteiger partial charge in [0.2, 0.25) is 0 Å². The lowest BCUT2D eigenvalue weighted by Gasteiger charge is -2.57. The molecule has 1 heterocycles. The van der Waals surface area contributed by atoms with Gasteiger partial charge in [-0.3, -0.25) is 4.98 Å². The van der Waals surface area contributed by atoms with Crippen molar-refractivity contribution in [1.29, 1.82) is 0 Å². The van der Waals surface area contributed by atoms with Gasteiger partial charge >= 0.3 is 0 Å². The summed E-state index contributed by atoms with van der Waals surface area (Å²) in [5.74, 6) is 2.97. The zero-order chi connectivity index (χ0) is 17.9. The van der Waals surface area contributed by atoms with Gasteiger partial charge in [0.25, 0.3) is 0 Å². The first-order valence-corrected chi connectivity index (χ1v) is 10.5. The molecule has 0 atom stereocenters. The fraction of sp³-hybridized carbons (Fsp3) is 0.560. The van der Waals surface area contributed by atoms with E-state index in [-0.39, 0.29) is 5.41 Å². The smallest absolute Gasteiger partial charge is 0.0346 e. The Bertz CT molecular complexity index is 777. The second kappa shape index (κ2) is 5.68. The molecule has 4 fully saturated rings. The average Bonchev–Trinajstić information content (AvgIpc) is 2.60. The highest BCUT2D eigenvalue weighted by Gasteiger charge is 2.51. The predicted molar refractivity (Wildman–Crippen MR) is 108 cm³/mol. The Morgan fingerprint density at radius 1 is 0.923 bits per heavy atom. The van der Waals surface area contributed by atoms with Crippen LogP contribution in [0.15, 0.2) is 42.7 Å². The van der Waals surface area contributed by atoms with Crippen molar-refractivity contribution in [2.75, 3.05) is 0 Å². The number of nitrogens with zero attached hydrogens (tertiary/aromatic N) is 1. The molecule has 2 aromatic rings. The lowest BCUT2D eigenvalue weighted by Crippen LogP contribution is -2.48. The zero-order valence-electron chi connectivity index (χ0n) is 16.5. The SMILES string of the molecule is CC(C)(C)c1ccc(C23CC4CC(CC(C4)C2)C3)cc1-c1cccnc1. The largest absolute Gasteiger partial charge is 0.264 e. The molecular formula is C25H31N. The van der Waals surface area contributed by atoms with Gasteiger partial charge in [0, 0.05) is 18.0 Å². The Kier molecular flexibility index (Phi) is 3.61. The second-order valence-electron chi connectivity index (χ2n) is 10.4. The van der Waals surface area contributed by atoms with E-state index in [0.717, 1.165) is 17.8 Å². The van der Waals surface area contributed by atoms with Gasteiger partial charge in [0.05, 0.1) is 0 Å². The molecule has 0 amide bonds. The summed E-state index contributed by atoms with van der Waals surface area (Å²) < 4.78 is 0. The highest BCUT2D eigenvalue weighted by molar-refractivity contribution is 5.69. The molecule has 136 valence electrons. The molecule has 1 aromatic carbocycles. The van der Waals surface area contributed by atoms with Crippen LogP contribution >= 0.6 is 0 Å². The first kappa shape index (κ1) is 16.5. The fourth-order valence-electron chi connectivity index (χ4n) is 6.75. The summed E-state index contributed by atoms with van der Waals surface area (Å²) in [7, 11) is 0. The van der Waals surface area contributed by atoms with Gasteiger partial charge in [-0.05, 0) is 89.9 Å². The van der Waals surface area contributed by atoms with E-state index in [1.807, 2.05) is 12.4 Å². The van der Waals surface area contributed by atoms with Gasteiger partial charge in [-0.25, -0.2) is 0 Å². The lowest BCUT2D eigenvalue weighted by atomic mass is 9.48. The highest BCUT2D eigenvalue weighted by atomic mass is 14.6. The van der Waals surface area contributed by atoms with Crippen LogP contribution in [0.1, 0.15) is 70.4 Å². The summed E-state index contributed by atoms with van der Waals surface area (Å²) in [5, 5.41) is 0. The number of hydrogen-bond acceptors (Lipinski definition) is 1. The summed E-state index contributed by atoms with van der Waals surface area (Å²) in [6.07, 6.45) is 12.7. The van der Waals surface area contributed by atoms with Crippen molar-refractivity contribution in [1.82, 2.24) is 4.98 Å². The van der Waals surface area contributed by atoms with Crippen molar-refractivity contribution in [3.63, 3.8) is 0 Å². The van der Waals surface area contributed by atoms with E-state index in [1.165, 1.54) is 55.2 Å². The molecule has 6 rings (SSSR count). The minimum atomic E-state index is 0.144. The minimum absolute atomic E-state index is 0.144. The van der Waals surface area contributed by atoms with Crippen molar-refractivity contribution in [2.24, 2.45) is 17.8 Å². The van der Waals surface area contributed by atoms with Crippen LogP contribution < -0.4 is 0 Å². The lowest BCUT2D eigenvalue weighted by molar-refractivity contribution is -0.00518. The minimum Gasteiger partial charge on any atom is -0.264 e. The van der Waals surface area contributed by atoms with Crippen LogP contribution in [0.2, 0.25) is 0 Å². The third-order valence-electron chi connectivity index (χ3n) is 7.45. The first-order chi connectivity index (χ1) is 12.4. The third kappa shape index (κ3) is 2.63. The maximum absolute atomic E-state index is 4.41. The van der Waals surface area contributed by atoms with Crippen LogP contribution in [0.5, 0.6) is 0 Å². The van der Waals surface area contributed by atoms with Crippen molar-refractivity contribution in [3.05, 3.63) is 53.9 Å². The summed E-state index contributed by atoms with van der Waals surface area (Å²) in [6, 6.07) is 11.7. The molecule has 0 spiro atoms. The van der Waals surface area contributed by atoms with Gasteiger partial charge in [-0.15, -0.1) is 0 Å². The molecule has 1 nitrogen and oxygen atoms in total. The number of rotatable bonds is 2. The van der Waals surface area contributed by atoms with Gasteiger partial charge in [0.1, 0.15) is 0 Å². The Balaban J connectivity index is 1.63. The maximum atomic E-state index is 4.41. The van der Waals surface area contributed by atoms with Crippen molar-refractivity contribution >= 4 is 0 Å². The van der Waals surface area contributed by atoms with E-state index in [4.69, 9.17) is 0 Å². The summed E-state index contributed by atoms with van der Waals surface area (Å²) >= 11 is 0. The molecule has 26 heavy (non-hydrogen) atoms. The van der Waals surface area contributed by atoms with E-state index >= 15 is 0 Å². The van der Waals surface area contributed by atoms with E-state index in [0.29, 0.717) is 5.41 Å². The molecule has 4 bridgehead atoms. The monoisotopic (exact) mass is 345 g/mol. The normalized spacial score (nSPS) is 32.8. The molecule has 0 saturated heterocycles. The van der Waals surface area contributed by atoms with Crippen molar-refractivity contribution < 1.29 is 0 Å². The van der Waals surface area contributed by atoms with Crippen LogP contribution in [-0.2, 0) is 10.8 Å². The maximum Gasteiger partial charge on any atom is 0.0346 e. The standard InChI is InChI=1S/C25H31N/c1-24(2,3)23-7-6-21(12-22(23)20-5-4-8-26-16-20)25-13-17-9-18(14-25)11-19(10-17)15-25/h4-8,12,16-19H,9-11,13-15H2,1-3H3. The number of hydrogen-bond donors (Lipinski definition) is 0. The predicted octanol–water partition coefficient (Wildman–Crippen LogP) is 6.51. The Morgan fingerprint density at radius 3 is 2.12 bits per heavy atom. The van der Waals surface area contributed by atoms with Gasteiger partial charge in [-0.2, -0.15) is 0 Å². The molecule has 1 aromatic heterocycles. The second-order valence-corrected chi connectivity index (χ2v) is 10.4. The molecule has 0 radical (unpaired) electrons. The van der Waals surface area contributed by atoms with E-state index in [9.17, 15) is 0 Å². The van der Waals surface area contributed by atoms with Crippen LogP contribution in [0, 0.1) is 17.8 Å². The van der Waals surface area contributed by atoms with Gasteiger partial charge < -0.3 is 0 Å². The van der Waals surface area contributed by atoms with E-state index in [1.54, 1.807) is 5.56 Å². The molecule has 0 N–H and O–H groups in total. The Morgan fingerprint density at radius 2 is 1.58 bits per heavy atom. The molecule has 4 aliphatic rings. The number of pyridine rings is 1. The summed E-state index contributed by atoms with van der Waals surface area (Å²) in [4.78, 5) is 4.41. The average molecular weight is 346 g/mol.